The summed E-state index contributed by atoms with van der Waals surface area (Å²) in [6.07, 6.45) is 1.42. The van der Waals surface area contributed by atoms with Gasteiger partial charge in [-0.3, -0.25) is 0 Å². The van der Waals surface area contributed by atoms with Crippen molar-refractivity contribution >= 4 is 33.5 Å². The summed E-state index contributed by atoms with van der Waals surface area (Å²) in [6, 6.07) is 12.9. The number of allylic oxidation sites excluding steroid dienone is 2. The van der Waals surface area contributed by atoms with E-state index in [1.165, 1.54) is 49.9 Å². The van der Waals surface area contributed by atoms with Gasteiger partial charge in [0.25, 0.3) is 0 Å². The summed E-state index contributed by atoms with van der Waals surface area (Å²) in [5.74, 6) is -15.8. The highest BCUT2D eigenvalue weighted by Crippen LogP contribution is 2.66. The van der Waals surface area contributed by atoms with E-state index >= 15 is 17.6 Å². The van der Waals surface area contributed by atoms with Crippen LogP contribution in [0.1, 0.15) is 21.7 Å². The number of hydrogen-bond donors (Lipinski definition) is 0. The fourth-order valence-corrected chi connectivity index (χ4v) is 5.61. The first kappa shape index (κ1) is 22.7. The third-order valence-corrected chi connectivity index (χ3v) is 7.50. The molecule has 3 aromatic heterocycles. The Morgan fingerprint density at radius 3 is 2.18 bits per heavy atom. The molecule has 5 rings (SSSR count). The van der Waals surface area contributed by atoms with Crippen LogP contribution in [0.4, 0.5) is 26.3 Å². The van der Waals surface area contributed by atoms with E-state index in [0.717, 1.165) is 11.3 Å². The molecule has 0 N–H and O–H groups in total. The molecule has 2 nitrogen and oxygen atoms in total. The second kappa shape index (κ2) is 7.21. The average Bonchev–Trinajstić information content (AvgIpc) is 3.32. The second-order valence-corrected chi connectivity index (χ2v) is 9.57. The van der Waals surface area contributed by atoms with Crippen LogP contribution in [0.2, 0.25) is 0 Å². The van der Waals surface area contributed by atoms with Crippen molar-refractivity contribution in [3.05, 3.63) is 76.4 Å². The maximum Gasteiger partial charge on any atom is 0.380 e. The smallest absolute Gasteiger partial charge is 0.332 e. The number of thiophene rings is 1. The summed E-state index contributed by atoms with van der Waals surface area (Å²) in [5, 5.41) is 0.111. The van der Waals surface area contributed by atoms with Gasteiger partial charge < -0.3 is 4.57 Å². The minimum atomic E-state index is -5.61. The van der Waals surface area contributed by atoms with E-state index < -0.39 is 28.9 Å². The van der Waals surface area contributed by atoms with Gasteiger partial charge in [0.1, 0.15) is 5.65 Å². The van der Waals surface area contributed by atoms with Gasteiger partial charge in [0.05, 0.1) is 0 Å². The lowest BCUT2D eigenvalue weighted by Gasteiger charge is -2.25. The number of benzene rings is 1. The van der Waals surface area contributed by atoms with Gasteiger partial charge in [-0.1, -0.05) is 30.3 Å². The molecule has 0 saturated carbocycles. The normalized spacial score (nSPS) is 18.7. The second-order valence-electron chi connectivity index (χ2n) is 8.31. The fraction of sp³-hybridized carbons (Fsp3) is 0.240. The Balaban J connectivity index is 1.90. The highest BCUT2D eigenvalue weighted by Gasteiger charge is 2.80. The maximum absolute atomic E-state index is 15.4. The van der Waals surface area contributed by atoms with Crippen molar-refractivity contribution in [1.29, 1.82) is 0 Å². The number of aryl methyl sites for hydroxylation is 2. The van der Waals surface area contributed by atoms with Crippen LogP contribution < -0.4 is 0 Å². The topological polar surface area (TPSA) is 17.8 Å². The van der Waals surface area contributed by atoms with E-state index in [1.807, 2.05) is 0 Å². The van der Waals surface area contributed by atoms with E-state index in [4.69, 9.17) is 0 Å². The lowest BCUT2D eigenvalue weighted by atomic mass is 9.93. The van der Waals surface area contributed by atoms with Gasteiger partial charge in [0.15, 0.2) is 0 Å². The van der Waals surface area contributed by atoms with Gasteiger partial charge in [0.2, 0.25) is 0 Å². The first-order chi connectivity index (χ1) is 15.9. The molecule has 4 aromatic rings. The summed E-state index contributed by atoms with van der Waals surface area (Å²) < 4.78 is 92.5. The number of nitrogens with zero attached hydrogens (tertiary/aromatic N) is 2. The van der Waals surface area contributed by atoms with Crippen LogP contribution in [0.3, 0.4) is 0 Å². The number of halogens is 6. The number of hydrogen-bond acceptors (Lipinski definition) is 2. The Hall–Kier alpha value is -3.07. The third kappa shape index (κ3) is 2.79. The number of fused-ring (bicyclic) bond motifs is 1. The van der Waals surface area contributed by atoms with Crippen molar-refractivity contribution in [3.63, 3.8) is 0 Å². The van der Waals surface area contributed by atoms with Crippen molar-refractivity contribution in [2.75, 3.05) is 0 Å². The molecule has 0 aliphatic heterocycles. The summed E-state index contributed by atoms with van der Waals surface area (Å²) in [7, 11) is 1.53. The first-order valence-corrected chi connectivity index (χ1v) is 11.2. The predicted molar refractivity (Wildman–Crippen MR) is 122 cm³/mol. The van der Waals surface area contributed by atoms with Crippen molar-refractivity contribution in [3.8, 4) is 10.4 Å². The molecule has 9 heteroatoms. The maximum atomic E-state index is 15.4. The molecule has 0 atom stereocenters. The molecule has 0 bridgehead atoms. The molecule has 1 aliphatic rings. The molecule has 0 saturated heterocycles. The Bertz CT molecular complexity index is 1460. The van der Waals surface area contributed by atoms with Crippen LogP contribution >= 0.6 is 11.3 Å². The molecule has 0 spiro atoms. The zero-order valence-corrected chi connectivity index (χ0v) is 19.1. The van der Waals surface area contributed by atoms with E-state index in [1.54, 1.807) is 30.3 Å². The third-order valence-electron chi connectivity index (χ3n) is 6.40. The summed E-state index contributed by atoms with van der Waals surface area (Å²) in [6.45, 7) is 2.90. The van der Waals surface area contributed by atoms with E-state index in [2.05, 4.69) is 4.98 Å². The molecule has 0 radical (unpaired) electrons. The van der Waals surface area contributed by atoms with Crippen molar-refractivity contribution in [1.82, 2.24) is 9.55 Å². The lowest BCUT2D eigenvalue weighted by molar-refractivity contribution is -0.254. The Morgan fingerprint density at radius 2 is 1.50 bits per heavy atom. The largest absolute Gasteiger partial charge is 0.380 e. The molecule has 0 unspecified atom stereocenters. The zero-order valence-electron chi connectivity index (χ0n) is 18.3. The van der Waals surface area contributed by atoms with E-state index in [9.17, 15) is 8.78 Å². The summed E-state index contributed by atoms with van der Waals surface area (Å²) >= 11 is 1.09. The summed E-state index contributed by atoms with van der Waals surface area (Å²) in [5.41, 5.74) is -2.27. The number of alkyl halides is 6. The molecule has 1 aliphatic carbocycles. The van der Waals surface area contributed by atoms with Gasteiger partial charge in [-0.15, -0.1) is 11.3 Å². The van der Waals surface area contributed by atoms with Crippen LogP contribution in [0.5, 0.6) is 0 Å². The fourth-order valence-electron chi connectivity index (χ4n) is 4.58. The van der Waals surface area contributed by atoms with Gasteiger partial charge in [-0.05, 0) is 43.2 Å². The standard InChI is InChI=1S/C25H18F6N2S/c1-13-19(16-10-7-11-32-22(16)33(13)3)21-20(23(26,27)25(30,31)24(21,28)29)17-12-18(34-14(17)2)15-8-5-4-6-9-15/h4-12H,1-3H3. The minimum Gasteiger partial charge on any atom is -0.332 e. The van der Waals surface area contributed by atoms with E-state index in [0.29, 0.717) is 10.4 Å². The van der Waals surface area contributed by atoms with Gasteiger partial charge in [-0.25, -0.2) is 4.98 Å². The molecule has 0 fully saturated rings. The quantitative estimate of drug-likeness (QED) is 0.268. The van der Waals surface area contributed by atoms with Gasteiger partial charge in [0, 0.05) is 50.8 Å². The SMILES string of the molecule is Cc1sc(-c2ccccc2)cc1C1=C(c2c(C)n(C)c3ncccc23)C(F)(F)C(F)(F)C1(F)F. The average molecular weight is 492 g/mol. The Labute approximate surface area is 195 Å². The number of aromatic nitrogens is 2. The van der Waals surface area contributed by atoms with Crippen LogP contribution in [0, 0.1) is 13.8 Å². The van der Waals surface area contributed by atoms with Crippen LogP contribution in [0.15, 0.2) is 54.7 Å². The predicted octanol–water partition coefficient (Wildman–Crippen LogP) is 7.75. The van der Waals surface area contributed by atoms with Gasteiger partial charge in [-0.2, -0.15) is 26.3 Å². The van der Waals surface area contributed by atoms with E-state index in [-0.39, 0.29) is 32.7 Å². The molecule has 176 valence electrons. The first-order valence-electron chi connectivity index (χ1n) is 10.4. The molecular formula is C25H18F6N2S. The molecule has 3 heterocycles. The number of rotatable bonds is 3. The Kier molecular flexibility index (Phi) is 4.82. The number of pyridine rings is 1. The highest BCUT2D eigenvalue weighted by molar-refractivity contribution is 7.15. The van der Waals surface area contributed by atoms with Crippen LogP contribution in [-0.4, -0.2) is 27.3 Å². The monoisotopic (exact) mass is 492 g/mol. The van der Waals surface area contributed by atoms with Crippen molar-refractivity contribution in [2.24, 2.45) is 7.05 Å². The lowest BCUT2D eigenvalue weighted by Crippen LogP contribution is -2.48. The van der Waals surface area contributed by atoms with Crippen LogP contribution in [-0.2, 0) is 7.05 Å². The zero-order chi connectivity index (χ0) is 24.6. The molecule has 34 heavy (non-hydrogen) atoms. The molecule has 0 amide bonds. The molecule has 1 aromatic carbocycles. The Morgan fingerprint density at radius 1 is 0.853 bits per heavy atom. The van der Waals surface area contributed by atoms with Crippen LogP contribution in [0.25, 0.3) is 32.6 Å². The van der Waals surface area contributed by atoms with Crippen molar-refractivity contribution in [2.45, 2.75) is 31.6 Å². The summed E-state index contributed by atoms with van der Waals surface area (Å²) in [4.78, 5) is 4.90. The van der Waals surface area contributed by atoms with Crippen molar-refractivity contribution < 1.29 is 26.3 Å². The van der Waals surface area contributed by atoms with Gasteiger partial charge >= 0.3 is 17.8 Å². The molecular weight excluding hydrogens is 474 g/mol. The highest BCUT2D eigenvalue weighted by atomic mass is 32.1. The minimum absolute atomic E-state index is 0.111.